The van der Waals surface area contributed by atoms with Gasteiger partial charge in [-0.1, -0.05) is 41.5 Å². The van der Waals surface area contributed by atoms with Gasteiger partial charge in [-0.25, -0.2) is 9.36 Å². The molecule has 8 heteroatoms. The Labute approximate surface area is 219 Å². The van der Waals surface area contributed by atoms with Gasteiger partial charge in [0.1, 0.15) is 0 Å². The molecule has 0 atom stereocenters. The van der Waals surface area contributed by atoms with Gasteiger partial charge in [-0.3, -0.25) is 29.8 Å². The lowest BCUT2D eigenvalue weighted by atomic mass is 10.2. The van der Waals surface area contributed by atoms with Crippen molar-refractivity contribution in [1.82, 2.24) is 19.6 Å². The van der Waals surface area contributed by atoms with Crippen molar-refractivity contribution in [3.63, 3.8) is 0 Å². The molecule has 0 fully saturated rings. The van der Waals surface area contributed by atoms with Crippen LogP contribution in [0.5, 0.6) is 0 Å². The highest BCUT2D eigenvalue weighted by molar-refractivity contribution is 5.85. The number of benzene rings is 3. The maximum atomic E-state index is 13.0. The fourth-order valence-corrected chi connectivity index (χ4v) is 4.11. The number of aliphatic imine (C=N–C) groups is 2. The maximum Gasteiger partial charge on any atom is 0.280 e. The number of hydrogen-bond donors (Lipinski definition) is 2. The van der Waals surface area contributed by atoms with Gasteiger partial charge < -0.3 is 0 Å². The Balaban J connectivity index is 1.38. The third-order valence-corrected chi connectivity index (χ3v) is 6.33. The predicted molar refractivity (Wildman–Crippen MR) is 153 cm³/mol. The van der Waals surface area contributed by atoms with Gasteiger partial charge in [-0.05, 0) is 70.2 Å². The van der Waals surface area contributed by atoms with E-state index in [-0.39, 0.29) is 11.1 Å². The van der Waals surface area contributed by atoms with Crippen molar-refractivity contribution in [2.24, 2.45) is 9.98 Å². The van der Waals surface area contributed by atoms with Crippen molar-refractivity contribution < 1.29 is 0 Å². The minimum atomic E-state index is -0.169. The molecule has 0 saturated heterocycles. The van der Waals surface area contributed by atoms with E-state index >= 15 is 0 Å². The lowest BCUT2D eigenvalue weighted by Crippen LogP contribution is -2.17. The standard InChI is InChI=1S/C30H28N6O2/c1-19-8-12-25(13-9-19)35-29(37)27(21(3)33-35)17-31-23-6-5-7-24(16-23)32-18-28-22(4)34-36(30(28)38)26-14-10-20(2)11-15-26/h5-18,33-34H,1-4H3. The zero-order valence-electron chi connectivity index (χ0n) is 21.7. The Kier molecular flexibility index (Phi) is 6.62. The van der Waals surface area contributed by atoms with Crippen molar-refractivity contribution in [2.75, 3.05) is 0 Å². The Bertz CT molecular complexity index is 1650. The molecule has 0 aliphatic carbocycles. The van der Waals surface area contributed by atoms with Crippen LogP contribution >= 0.6 is 0 Å². The molecule has 0 spiro atoms. The van der Waals surface area contributed by atoms with Gasteiger partial charge >= 0.3 is 0 Å². The SMILES string of the molecule is Cc1ccc(-n2[nH]c(C)c(C=Nc3cccc(N=Cc4c(C)[nH]n(-c5ccc(C)cc5)c4=O)c3)c2=O)cc1. The molecule has 2 N–H and O–H groups in total. The Morgan fingerprint density at radius 3 is 1.39 bits per heavy atom. The molecule has 0 amide bonds. The lowest BCUT2D eigenvalue weighted by molar-refractivity contribution is 0.835. The van der Waals surface area contributed by atoms with E-state index in [9.17, 15) is 9.59 Å². The van der Waals surface area contributed by atoms with Crippen LogP contribution in [0.25, 0.3) is 11.4 Å². The van der Waals surface area contributed by atoms with E-state index in [0.29, 0.717) is 22.5 Å². The quantitative estimate of drug-likeness (QED) is 0.304. The predicted octanol–water partition coefficient (Wildman–Crippen LogP) is 5.38. The summed E-state index contributed by atoms with van der Waals surface area (Å²) in [7, 11) is 0. The maximum absolute atomic E-state index is 13.0. The lowest BCUT2D eigenvalue weighted by Gasteiger charge is -2.01. The second kappa shape index (κ2) is 10.2. The van der Waals surface area contributed by atoms with Crippen LogP contribution in [0.3, 0.4) is 0 Å². The molecule has 3 aromatic carbocycles. The number of aromatic amines is 2. The Morgan fingerprint density at radius 2 is 1.00 bits per heavy atom. The molecule has 5 aromatic rings. The largest absolute Gasteiger partial charge is 0.295 e. The average molecular weight is 505 g/mol. The van der Waals surface area contributed by atoms with Crippen molar-refractivity contribution >= 4 is 23.8 Å². The van der Waals surface area contributed by atoms with Crippen LogP contribution in [0.2, 0.25) is 0 Å². The van der Waals surface area contributed by atoms with E-state index in [4.69, 9.17) is 0 Å². The average Bonchev–Trinajstić information content (AvgIpc) is 3.36. The summed E-state index contributed by atoms with van der Waals surface area (Å²) in [6, 6.07) is 22.8. The van der Waals surface area contributed by atoms with Crippen LogP contribution in [0.4, 0.5) is 11.4 Å². The molecule has 0 radical (unpaired) electrons. The molecular formula is C30H28N6O2. The van der Waals surface area contributed by atoms with Crippen LogP contribution in [-0.4, -0.2) is 32.0 Å². The second-order valence-corrected chi connectivity index (χ2v) is 9.29. The molecule has 8 nitrogen and oxygen atoms in total. The molecule has 0 aliphatic rings. The normalized spacial score (nSPS) is 11.7. The third-order valence-electron chi connectivity index (χ3n) is 6.33. The number of nitrogens with one attached hydrogen (secondary N) is 2. The number of aromatic nitrogens is 4. The summed E-state index contributed by atoms with van der Waals surface area (Å²) in [6.07, 6.45) is 3.14. The first-order valence-corrected chi connectivity index (χ1v) is 12.3. The van der Waals surface area contributed by atoms with Crippen molar-refractivity contribution in [2.45, 2.75) is 27.7 Å². The van der Waals surface area contributed by atoms with Gasteiger partial charge in [0.05, 0.1) is 33.9 Å². The van der Waals surface area contributed by atoms with E-state index in [1.807, 2.05) is 94.4 Å². The Hall–Kier alpha value is -4.98. The number of rotatable bonds is 6. The van der Waals surface area contributed by atoms with Crippen LogP contribution in [0.1, 0.15) is 33.6 Å². The zero-order valence-corrected chi connectivity index (χ0v) is 21.7. The summed E-state index contributed by atoms with van der Waals surface area (Å²) >= 11 is 0. The van der Waals surface area contributed by atoms with E-state index < -0.39 is 0 Å². The summed E-state index contributed by atoms with van der Waals surface area (Å²) < 4.78 is 3.03. The van der Waals surface area contributed by atoms with Gasteiger partial charge in [-0.2, -0.15) is 0 Å². The minimum absolute atomic E-state index is 0.169. The summed E-state index contributed by atoms with van der Waals surface area (Å²) in [5.74, 6) is 0. The molecule has 2 aromatic heterocycles. The molecule has 5 rings (SSSR count). The zero-order chi connectivity index (χ0) is 26.8. The highest BCUT2D eigenvalue weighted by Gasteiger charge is 2.12. The molecular weight excluding hydrogens is 476 g/mol. The monoisotopic (exact) mass is 504 g/mol. The summed E-state index contributed by atoms with van der Waals surface area (Å²) in [5.41, 5.74) is 7.14. The van der Waals surface area contributed by atoms with Crippen LogP contribution in [-0.2, 0) is 0 Å². The van der Waals surface area contributed by atoms with Crippen molar-refractivity contribution in [1.29, 1.82) is 0 Å². The van der Waals surface area contributed by atoms with Gasteiger partial charge in [0, 0.05) is 23.8 Å². The first-order chi connectivity index (χ1) is 18.3. The topological polar surface area (TPSA) is 100 Å². The summed E-state index contributed by atoms with van der Waals surface area (Å²) in [6.45, 7) is 7.69. The Morgan fingerprint density at radius 1 is 0.605 bits per heavy atom. The van der Waals surface area contributed by atoms with E-state index in [1.54, 1.807) is 18.5 Å². The number of hydrogen-bond acceptors (Lipinski definition) is 4. The molecule has 0 saturated carbocycles. The minimum Gasteiger partial charge on any atom is -0.295 e. The van der Waals surface area contributed by atoms with Crippen LogP contribution in [0.15, 0.2) is 92.4 Å². The molecule has 2 heterocycles. The van der Waals surface area contributed by atoms with Crippen LogP contribution in [0, 0.1) is 27.7 Å². The van der Waals surface area contributed by atoms with Crippen molar-refractivity contribution in [3.8, 4) is 11.4 Å². The van der Waals surface area contributed by atoms with E-state index in [1.165, 1.54) is 9.36 Å². The van der Waals surface area contributed by atoms with E-state index in [2.05, 4.69) is 20.2 Å². The molecule has 190 valence electrons. The molecule has 38 heavy (non-hydrogen) atoms. The van der Waals surface area contributed by atoms with Crippen LogP contribution < -0.4 is 11.1 Å². The first kappa shape index (κ1) is 24.7. The third kappa shape index (κ3) is 4.97. The molecule has 0 aliphatic heterocycles. The van der Waals surface area contributed by atoms with Gasteiger partial charge in [0.2, 0.25) is 0 Å². The fourth-order valence-electron chi connectivity index (χ4n) is 4.11. The van der Waals surface area contributed by atoms with E-state index in [0.717, 1.165) is 33.9 Å². The van der Waals surface area contributed by atoms with Gasteiger partial charge in [0.25, 0.3) is 11.1 Å². The highest BCUT2D eigenvalue weighted by atomic mass is 16.1. The summed E-state index contributed by atoms with van der Waals surface area (Å²) in [5, 5.41) is 6.23. The number of aryl methyl sites for hydroxylation is 4. The van der Waals surface area contributed by atoms with Gasteiger partial charge in [0.15, 0.2) is 0 Å². The summed E-state index contributed by atoms with van der Waals surface area (Å²) in [4.78, 5) is 35.0. The fraction of sp³-hybridized carbons (Fsp3) is 0.133. The smallest absolute Gasteiger partial charge is 0.280 e. The molecule has 0 bridgehead atoms. The first-order valence-electron chi connectivity index (χ1n) is 12.3. The van der Waals surface area contributed by atoms with Crippen molar-refractivity contribution in [3.05, 3.63) is 127 Å². The second-order valence-electron chi connectivity index (χ2n) is 9.29. The highest BCUT2D eigenvalue weighted by Crippen LogP contribution is 2.21. The van der Waals surface area contributed by atoms with Gasteiger partial charge in [-0.15, -0.1) is 0 Å². The number of H-pyrrole nitrogens is 2. The number of nitrogens with zero attached hydrogens (tertiary/aromatic N) is 4. The molecule has 0 unspecified atom stereocenters.